The summed E-state index contributed by atoms with van der Waals surface area (Å²) >= 11 is 0. The fraction of sp³-hybridized carbons (Fsp3) is 0.304. The van der Waals surface area contributed by atoms with Gasteiger partial charge in [0.1, 0.15) is 16.8 Å². The highest BCUT2D eigenvalue weighted by molar-refractivity contribution is 5.90. The van der Waals surface area contributed by atoms with E-state index in [4.69, 9.17) is 13.6 Å². The average Bonchev–Trinajstić information content (AvgIpc) is 3.23. The number of aromatic nitrogens is 1. The smallest absolute Gasteiger partial charge is 0.338 e. The Labute approximate surface area is 173 Å². The lowest BCUT2D eigenvalue weighted by atomic mass is 10.0. The molecule has 0 unspecified atom stereocenters. The van der Waals surface area contributed by atoms with E-state index in [-0.39, 0.29) is 5.63 Å². The molecule has 1 N–H and O–H groups in total. The molecule has 154 valence electrons. The number of nitrogens with zero attached hydrogens (tertiary/aromatic N) is 2. The minimum atomic E-state index is -0.351. The molecule has 7 nitrogen and oxygen atoms in total. The van der Waals surface area contributed by atoms with Crippen LogP contribution in [0.15, 0.2) is 62.5 Å². The molecule has 0 spiro atoms. The summed E-state index contributed by atoms with van der Waals surface area (Å²) in [7, 11) is 1.63. The summed E-state index contributed by atoms with van der Waals surface area (Å²) in [6.45, 7) is 2.86. The lowest BCUT2D eigenvalue weighted by molar-refractivity contribution is 0.211. The van der Waals surface area contributed by atoms with E-state index in [9.17, 15) is 4.79 Å². The highest BCUT2D eigenvalue weighted by atomic mass is 16.5. The van der Waals surface area contributed by atoms with E-state index in [1.165, 1.54) is 18.0 Å². The molecule has 1 aliphatic heterocycles. The van der Waals surface area contributed by atoms with Crippen molar-refractivity contribution in [3.8, 4) is 5.75 Å². The number of piperidine rings is 1. The standard InChI is InChI=1S/C23H23N3O4/c1-28-17-3-5-21-18(11-17)19(12-23(27)30-21)25-16-6-8-26(9-7-16)13-15-2-4-22-20(10-15)24-14-29-22/h2-5,10-12,14,16,25H,6-9,13H2,1H3. The molecule has 7 heteroatoms. The summed E-state index contributed by atoms with van der Waals surface area (Å²) in [5, 5.41) is 4.42. The predicted molar refractivity (Wildman–Crippen MR) is 115 cm³/mol. The maximum absolute atomic E-state index is 12.0. The van der Waals surface area contributed by atoms with Crippen LogP contribution in [0.5, 0.6) is 5.75 Å². The van der Waals surface area contributed by atoms with Crippen molar-refractivity contribution in [3.05, 3.63) is 64.8 Å². The number of fused-ring (bicyclic) bond motifs is 2. The molecule has 0 aliphatic carbocycles. The summed E-state index contributed by atoms with van der Waals surface area (Å²) in [6.07, 6.45) is 3.48. The van der Waals surface area contributed by atoms with Crippen molar-refractivity contribution in [2.24, 2.45) is 0 Å². The summed E-state index contributed by atoms with van der Waals surface area (Å²) in [4.78, 5) is 18.7. The Morgan fingerprint density at radius 3 is 2.80 bits per heavy atom. The maximum atomic E-state index is 12.0. The lowest BCUT2D eigenvalue weighted by Gasteiger charge is -2.33. The maximum Gasteiger partial charge on any atom is 0.338 e. The second-order valence-electron chi connectivity index (χ2n) is 7.69. The Morgan fingerprint density at radius 1 is 1.13 bits per heavy atom. The summed E-state index contributed by atoms with van der Waals surface area (Å²) < 4.78 is 16.0. The molecule has 1 aliphatic rings. The highest BCUT2D eigenvalue weighted by Crippen LogP contribution is 2.28. The number of anilines is 1. The zero-order valence-corrected chi connectivity index (χ0v) is 16.8. The van der Waals surface area contributed by atoms with Gasteiger partial charge in [0.15, 0.2) is 12.0 Å². The second kappa shape index (κ2) is 7.84. The van der Waals surface area contributed by atoms with E-state index in [2.05, 4.69) is 27.3 Å². The van der Waals surface area contributed by atoms with Crippen molar-refractivity contribution in [1.29, 1.82) is 0 Å². The van der Waals surface area contributed by atoms with Crippen LogP contribution in [-0.2, 0) is 6.54 Å². The van der Waals surface area contributed by atoms with Gasteiger partial charge in [0, 0.05) is 37.1 Å². The number of hydrogen-bond donors (Lipinski definition) is 1. The Morgan fingerprint density at radius 2 is 1.97 bits per heavy atom. The number of oxazole rings is 1. The lowest BCUT2D eigenvalue weighted by Crippen LogP contribution is -2.38. The van der Waals surface area contributed by atoms with Crippen molar-refractivity contribution >= 4 is 27.8 Å². The molecule has 2 aromatic carbocycles. The minimum Gasteiger partial charge on any atom is -0.497 e. The first-order chi connectivity index (χ1) is 14.7. The first-order valence-electron chi connectivity index (χ1n) is 10.1. The average molecular weight is 405 g/mol. The Kier molecular flexibility index (Phi) is 4.88. The zero-order valence-electron chi connectivity index (χ0n) is 16.8. The molecular formula is C23H23N3O4. The largest absolute Gasteiger partial charge is 0.497 e. The summed E-state index contributed by atoms with van der Waals surface area (Å²) in [5.41, 5.74) is 3.96. The molecule has 4 aromatic rings. The van der Waals surface area contributed by atoms with Crippen LogP contribution < -0.4 is 15.7 Å². The number of rotatable bonds is 5. The normalized spacial score (nSPS) is 15.6. The van der Waals surface area contributed by atoms with Gasteiger partial charge in [0.05, 0.1) is 12.8 Å². The number of hydrogen-bond acceptors (Lipinski definition) is 7. The van der Waals surface area contributed by atoms with E-state index in [1.807, 2.05) is 12.1 Å². The van der Waals surface area contributed by atoms with E-state index in [0.29, 0.717) is 11.6 Å². The number of benzene rings is 2. The molecule has 3 heterocycles. The second-order valence-corrected chi connectivity index (χ2v) is 7.69. The third-order valence-electron chi connectivity index (χ3n) is 5.70. The highest BCUT2D eigenvalue weighted by Gasteiger charge is 2.20. The van der Waals surface area contributed by atoms with E-state index in [0.717, 1.165) is 60.4 Å². The monoisotopic (exact) mass is 405 g/mol. The van der Waals surface area contributed by atoms with Gasteiger partial charge < -0.3 is 18.9 Å². The van der Waals surface area contributed by atoms with Crippen LogP contribution in [0.2, 0.25) is 0 Å². The molecule has 5 rings (SSSR count). The minimum absolute atomic E-state index is 0.301. The van der Waals surface area contributed by atoms with Gasteiger partial charge in [-0.15, -0.1) is 0 Å². The van der Waals surface area contributed by atoms with Gasteiger partial charge in [-0.2, -0.15) is 0 Å². The SMILES string of the molecule is COc1ccc2oc(=O)cc(NC3CCN(Cc4ccc5ocnc5c4)CC3)c2c1. The third-order valence-corrected chi connectivity index (χ3v) is 5.70. The van der Waals surface area contributed by atoms with Gasteiger partial charge in [-0.1, -0.05) is 6.07 Å². The molecule has 2 aromatic heterocycles. The quantitative estimate of drug-likeness (QED) is 0.502. The molecule has 30 heavy (non-hydrogen) atoms. The van der Waals surface area contributed by atoms with Gasteiger partial charge in [0.25, 0.3) is 0 Å². The predicted octanol–water partition coefficient (Wildman–Crippen LogP) is 4.02. The van der Waals surface area contributed by atoms with Crippen LogP contribution in [-0.4, -0.2) is 36.1 Å². The van der Waals surface area contributed by atoms with Crippen molar-refractivity contribution in [3.63, 3.8) is 0 Å². The van der Waals surface area contributed by atoms with Crippen LogP contribution in [0, 0.1) is 0 Å². The molecule has 0 bridgehead atoms. The topological polar surface area (TPSA) is 80.7 Å². The summed E-state index contributed by atoms with van der Waals surface area (Å²) in [6, 6.07) is 13.5. The third kappa shape index (κ3) is 3.76. The fourth-order valence-corrected chi connectivity index (χ4v) is 4.10. The van der Waals surface area contributed by atoms with Crippen LogP contribution in [0.3, 0.4) is 0 Å². The Hall–Kier alpha value is -3.32. The first-order valence-corrected chi connectivity index (χ1v) is 10.1. The molecule has 0 atom stereocenters. The van der Waals surface area contributed by atoms with Crippen molar-refractivity contribution < 1.29 is 13.6 Å². The van der Waals surface area contributed by atoms with Crippen molar-refractivity contribution in [1.82, 2.24) is 9.88 Å². The van der Waals surface area contributed by atoms with Gasteiger partial charge in [-0.05, 0) is 48.7 Å². The van der Waals surface area contributed by atoms with E-state index in [1.54, 1.807) is 19.2 Å². The molecule has 0 saturated carbocycles. The van der Waals surface area contributed by atoms with Gasteiger partial charge >= 0.3 is 5.63 Å². The van der Waals surface area contributed by atoms with Crippen LogP contribution in [0.1, 0.15) is 18.4 Å². The fourth-order valence-electron chi connectivity index (χ4n) is 4.10. The van der Waals surface area contributed by atoms with Crippen molar-refractivity contribution in [2.45, 2.75) is 25.4 Å². The molecule has 0 amide bonds. The van der Waals surface area contributed by atoms with Gasteiger partial charge in [0.2, 0.25) is 0 Å². The van der Waals surface area contributed by atoms with Crippen LogP contribution >= 0.6 is 0 Å². The number of ether oxygens (including phenoxy) is 1. The van der Waals surface area contributed by atoms with E-state index >= 15 is 0 Å². The zero-order chi connectivity index (χ0) is 20.5. The molecule has 0 radical (unpaired) electrons. The first kappa shape index (κ1) is 18.7. The van der Waals surface area contributed by atoms with Crippen molar-refractivity contribution in [2.75, 3.05) is 25.5 Å². The van der Waals surface area contributed by atoms with E-state index < -0.39 is 0 Å². The molecule has 1 saturated heterocycles. The van der Waals surface area contributed by atoms with Gasteiger partial charge in [-0.25, -0.2) is 9.78 Å². The number of nitrogens with one attached hydrogen (secondary N) is 1. The summed E-state index contributed by atoms with van der Waals surface area (Å²) in [5.74, 6) is 0.735. The number of methoxy groups -OCH3 is 1. The molecule has 1 fully saturated rings. The Bertz CT molecular complexity index is 1240. The Balaban J connectivity index is 1.26. The van der Waals surface area contributed by atoms with Gasteiger partial charge in [-0.3, -0.25) is 4.90 Å². The van der Waals surface area contributed by atoms with Crippen LogP contribution in [0.4, 0.5) is 5.69 Å². The molecular weight excluding hydrogens is 382 g/mol. The number of likely N-dealkylation sites (tertiary alicyclic amines) is 1. The van der Waals surface area contributed by atoms with Crippen LogP contribution in [0.25, 0.3) is 22.1 Å².